The van der Waals surface area contributed by atoms with E-state index in [9.17, 15) is 9.18 Å². The van der Waals surface area contributed by atoms with E-state index in [1.807, 2.05) is 13.8 Å². The fourth-order valence-electron chi connectivity index (χ4n) is 1.65. The molecule has 0 aliphatic heterocycles. The highest BCUT2D eigenvalue weighted by Gasteiger charge is 2.10. The van der Waals surface area contributed by atoms with Crippen LogP contribution < -0.4 is 5.32 Å². The number of nitrogens with one attached hydrogen (secondary N) is 1. The summed E-state index contributed by atoms with van der Waals surface area (Å²) in [6.07, 6.45) is 1.68. The number of hydrogen-bond donors (Lipinski definition) is 1. The van der Waals surface area contributed by atoms with Gasteiger partial charge in [-0.15, -0.1) is 0 Å². The van der Waals surface area contributed by atoms with E-state index < -0.39 is 0 Å². The lowest BCUT2D eigenvalue weighted by Gasteiger charge is -2.05. The first-order chi connectivity index (χ1) is 9.54. The minimum Gasteiger partial charge on any atom is -0.441 e. The second-order valence-electron chi connectivity index (χ2n) is 5.01. The van der Waals surface area contributed by atoms with Crippen molar-refractivity contribution in [3.63, 3.8) is 0 Å². The maximum absolute atomic E-state index is 12.8. The van der Waals surface area contributed by atoms with Gasteiger partial charge < -0.3 is 9.73 Å². The first-order valence-electron chi connectivity index (χ1n) is 6.52. The van der Waals surface area contributed by atoms with Crippen LogP contribution in [0.3, 0.4) is 0 Å². The molecule has 4 nitrogen and oxygen atoms in total. The molecule has 0 saturated carbocycles. The molecule has 0 saturated heterocycles. The van der Waals surface area contributed by atoms with E-state index >= 15 is 0 Å². The Morgan fingerprint density at radius 3 is 2.70 bits per heavy atom. The summed E-state index contributed by atoms with van der Waals surface area (Å²) in [5.74, 6) is 0.875. The Bertz CT molecular complexity index is 576. The number of oxazole rings is 1. The van der Waals surface area contributed by atoms with Crippen LogP contribution >= 0.6 is 0 Å². The highest BCUT2D eigenvalue weighted by Crippen LogP contribution is 2.19. The van der Waals surface area contributed by atoms with Crippen molar-refractivity contribution in [3.8, 4) is 11.5 Å². The van der Waals surface area contributed by atoms with Crippen LogP contribution in [0.1, 0.15) is 19.6 Å². The standard InChI is InChI=1S/C15H17FN2O2/c1-10(2)8-17-14(19)7-13-9-18-15(20-13)11-3-5-12(16)6-4-11/h3-6,9-10H,7-8H2,1-2H3,(H,17,19). The van der Waals surface area contributed by atoms with Gasteiger partial charge in [0.2, 0.25) is 11.8 Å². The monoisotopic (exact) mass is 276 g/mol. The van der Waals surface area contributed by atoms with Crippen LogP contribution in [0.5, 0.6) is 0 Å². The maximum Gasteiger partial charge on any atom is 0.227 e. The van der Waals surface area contributed by atoms with Crippen molar-refractivity contribution < 1.29 is 13.6 Å². The Hall–Kier alpha value is -2.17. The molecule has 0 radical (unpaired) electrons. The molecule has 1 N–H and O–H groups in total. The lowest BCUT2D eigenvalue weighted by atomic mass is 10.2. The van der Waals surface area contributed by atoms with Gasteiger partial charge in [-0.2, -0.15) is 0 Å². The molecule has 0 fully saturated rings. The van der Waals surface area contributed by atoms with Crippen molar-refractivity contribution in [1.82, 2.24) is 10.3 Å². The summed E-state index contributed by atoms with van der Waals surface area (Å²) in [7, 11) is 0. The van der Waals surface area contributed by atoms with Gasteiger partial charge in [-0.25, -0.2) is 9.37 Å². The minimum atomic E-state index is -0.311. The largest absolute Gasteiger partial charge is 0.441 e. The summed E-state index contributed by atoms with van der Waals surface area (Å²) in [5.41, 5.74) is 0.681. The van der Waals surface area contributed by atoms with Crippen molar-refractivity contribution in [1.29, 1.82) is 0 Å². The second kappa shape index (κ2) is 6.32. The first kappa shape index (κ1) is 14.2. The number of rotatable bonds is 5. The topological polar surface area (TPSA) is 55.1 Å². The van der Waals surface area contributed by atoms with Crippen LogP contribution in [0, 0.1) is 11.7 Å². The predicted octanol–water partition coefficient (Wildman–Crippen LogP) is 2.80. The highest BCUT2D eigenvalue weighted by atomic mass is 19.1. The molecule has 106 valence electrons. The van der Waals surface area contributed by atoms with Gasteiger partial charge in [0.1, 0.15) is 11.6 Å². The zero-order chi connectivity index (χ0) is 14.5. The molecule has 0 bridgehead atoms. The molecule has 20 heavy (non-hydrogen) atoms. The summed E-state index contributed by atoms with van der Waals surface area (Å²) in [6, 6.07) is 5.86. The van der Waals surface area contributed by atoms with Crippen molar-refractivity contribution >= 4 is 5.91 Å². The number of carbonyl (C=O) groups is 1. The smallest absolute Gasteiger partial charge is 0.227 e. The van der Waals surface area contributed by atoms with Crippen LogP contribution in [-0.4, -0.2) is 17.4 Å². The molecule has 1 aromatic heterocycles. The van der Waals surface area contributed by atoms with Crippen molar-refractivity contribution in [2.75, 3.05) is 6.54 Å². The van der Waals surface area contributed by atoms with Gasteiger partial charge in [0, 0.05) is 12.1 Å². The maximum atomic E-state index is 12.8. The fraction of sp³-hybridized carbons (Fsp3) is 0.333. The van der Waals surface area contributed by atoms with Gasteiger partial charge in [0.05, 0.1) is 12.6 Å². The molecule has 0 aliphatic carbocycles. The SMILES string of the molecule is CC(C)CNC(=O)Cc1cnc(-c2ccc(F)cc2)o1. The third-order valence-corrected chi connectivity index (χ3v) is 2.69. The molecule has 2 rings (SSSR count). The van der Waals surface area contributed by atoms with E-state index in [0.717, 1.165) is 0 Å². The van der Waals surface area contributed by atoms with E-state index in [1.54, 1.807) is 12.1 Å². The Balaban J connectivity index is 1.98. The van der Waals surface area contributed by atoms with Crippen LogP contribution in [-0.2, 0) is 11.2 Å². The van der Waals surface area contributed by atoms with Crippen molar-refractivity contribution in [2.45, 2.75) is 20.3 Å². The zero-order valence-corrected chi connectivity index (χ0v) is 11.5. The number of hydrogen-bond acceptors (Lipinski definition) is 3. The minimum absolute atomic E-state index is 0.0968. The molecular weight excluding hydrogens is 259 g/mol. The molecule has 1 aromatic carbocycles. The van der Waals surface area contributed by atoms with Crippen LogP contribution in [0.15, 0.2) is 34.9 Å². The van der Waals surface area contributed by atoms with E-state index in [2.05, 4.69) is 10.3 Å². The number of halogens is 1. The van der Waals surface area contributed by atoms with E-state index in [1.165, 1.54) is 18.3 Å². The molecule has 1 heterocycles. The normalized spacial score (nSPS) is 10.8. The number of aromatic nitrogens is 1. The molecule has 2 aromatic rings. The average molecular weight is 276 g/mol. The summed E-state index contributed by atoms with van der Waals surface area (Å²) in [6.45, 7) is 4.69. The Morgan fingerprint density at radius 2 is 2.05 bits per heavy atom. The molecule has 0 atom stereocenters. The Morgan fingerprint density at radius 1 is 1.35 bits per heavy atom. The van der Waals surface area contributed by atoms with E-state index in [0.29, 0.717) is 29.7 Å². The van der Waals surface area contributed by atoms with Gasteiger partial charge >= 0.3 is 0 Å². The van der Waals surface area contributed by atoms with E-state index in [4.69, 9.17) is 4.42 Å². The molecule has 0 unspecified atom stereocenters. The van der Waals surface area contributed by atoms with Gasteiger partial charge in [0.15, 0.2) is 0 Å². The lowest BCUT2D eigenvalue weighted by Crippen LogP contribution is -2.28. The van der Waals surface area contributed by atoms with Crippen LogP contribution in [0.25, 0.3) is 11.5 Å². The van der Waals surface area contributed by atoms with Crippen molar-refractivity contribution in [2.24, 2.45) is 5.92 Å². The number of carbonyl (C=O) groups excluding carboxylic acids is 1. The Kier molecular flexibility index (Phi) is 4.50. The van der Waals surface area contributed by atoms with Crippen LogP contribution in [0.4, 0.5) is 4.39 Å². The molecule has 0 aliphatic rings. The number of benzene rings is 1. The summed E-state index contributed by atoms with van der Waals surface area (Å²) in [5, 5.41) is 2.81. The van der Waals surface area contributed by atoms with Gasteiger partial charge in [0.25, 0.3) is 0 Å². The molecule has 0 spiro atoms. The first-order valence-corrected chi connectivity index (χ1v) is 6.52. The lowest BCUT2D eigenvalue weighted by molar-refractivity contribution is -0.120. The van der Waals surface area contributed by atoms with Gasteiger partial charge in [-0.1, -0.05) is 13.8 Å². The third-order valence-electron chi connectivity index (χ3n) is 2.69. The summed E-state index contributed by atoms with van der Waals surface area (Å²) in [4.78, 5) is 15.8. The number of nitrogens with zero attached hydrogens (tertiary/aromatic N) is 1. The summed E-state index contributed by atoms with van der Waals surface area (Å²) >= 11 is 0. The predicted molar refractivity (Wildman–Crippen MR) is 73.4 cm³/mol. The third kappa shape index (κ3) is 3.91. The molecule has 5 heteroatoms. The average Bonchev–Trinajstić information content (AvgIpc) is 2.85. The Labute approximate surface area is 117 Å². The quantitative estimate of drug-likeness (QED) is 0.913. The highest BCUT2D eigenvalue weighted by molar-refractivity contribution is 5.77. The summed E-state index contributed by atoms with van der Waals surface area (Å²) < 4.78 is 18.3. The fourth-order valence-corrected chi connectivity index (χ4v) is 1.65. The van der Waals surface area contributed by atoms with Crippen molar-refractivity contribution in [3.05, 3.63) is 42.0 Å². The van der Waals surface area contributed by atoms with Gasteiger partial charge in [-0.3, -0.25) is 4.79 Å². The zero-order valence-electron chi connectivity index (χ0n) is 11.5. The number of amides is 1. The van der Waals surface area contributed by atoms with Crippen LogP contribution in [0.2, 0.25) is 0 Å². The molecule has 1 amide bonds. The van der Waals surface area contributed by atoms with Gasteiger partial charge in [-0.05, 0) is 30.2 Å². The second-order valence-corrected chi connectivity index (χ2v) is 5.01. The van der Waals surface area contributed by atoms with E-state index in [-0.39, 0.29) is 18.1 Å². The molecular formula is C15H17FN2O2.